The Morgan fingerprint density at radius 2 is 2.07 bits per heavy atom. The standard InChI is InChI=1S/C21H30N2O5/c1-3-7-19(24)23-11-6-9-16(14-23)20(25)22-13-17(21(26)27)12-15-8-4-5-10-18(15)28-2/h4-5,8,10,16-17H,3,6-7,9,11-14H2,1-2H3,(H,22,25)(H,26,27). The first-order valence-electron chi connectivity index (χ1n) is 9.86. The number of aliphatic carboxylic acids is 1. The zero-order valence-electron chi connectivity index (χ0n) is 16.6. The second kappa shape index (κ2) is 10.7. The Hall–Kier alpha value is -2.57. The Morgan fingerprint density at radius 1 is 1.32 bits per heavy atom. The lowest BCUT2D eigenvalue weighted by atomic mass is 9.95. The predicted molar refractivity (Wildman–Crippen MR) is 105 cm³/mol. The molecule has 28 heavy (non-hydrogen) atoms. The summed E-state index contributed by atoms with van der Waals surface area (Å²) in [5, 5.41) is 12.3. The van der Waals surface area contributed by atoms with Crippen molar-refractivity contribution in [1.82, 2.24) is 10.2 Å². The van der Waals surface area contributed by atoms with E-state index in [9.17, 15) is 19.5 Å². The van der Waals surface area contributed by atoms with Gasteiger partial charge in [-0.25, -0.2) is 0 Å². The van der Waals surface area contributed by atoms with E-state index in [1.807, 2.05) is 25.1 Å². The van der Waals surface area contributed by atoms with Gasteiger partial charge in [0.1, 0.15) is 5.75 Å². The van der Waals surface area contributed by atoms with Crippen molar-refractivity contribution in [1.29, 1.82) is 0 Å². The molecule has 0 radical (unpaired) electrons. The third-order valence-corrected chi connectivity index (χ3v) is 5.14. The minimum absolute atomic E-state index is 0.0472. The second-order valence-corrected chi connectivity index (χ2v) is 7.23. The molecule has 1 aromatic rings. The minimum Gasteiger partial charge on any atom is -0.496 e. The van der Waals surface area contributed by atoms with Crippen LogP contribution in [-0.2, 0) is 20.8 Å². The molecule has 2 N–H and O–H groups in total. The van der Waals surface area contributed by atoms with Crippen molar-refractivity contribution in [2.75, 3.05) is 26.7 Å². The van der Waals surface area contributed by atoms with Crippen LogP contribution in [0.1, 0.15) is 38.2 Å². The van der Waals surface area contributed by atoms with E-state index >= 15 is 0 Å². The number of ether oxygens (including phenoxy) is 1. The Balaban J connectivity index is 1.93. The summed E-state index contributed by atoms with van der Waals surface area (Å²) >= 11 is 0. The van der Waals surface area contributed by atoms with E-state index in [1.54, 1.807) is 18.1 Å². The highest BCUT2D eigenvalue weighted by atomic mass is 16.5. The number of hydrogen-bond donors (Lipinski definition) is 2. The van der Waals surface area contributed by atoms with Gasteiger partial charge in [0.15, 0.2) is 0 Å². The number of likely N-dealkylation sites (tertiary alicyclic amines) is 1. The summed E-state index contributed by atoms with van der Waals surface area (Å²) in [6.07, 6.45) is 3.05. The van der Waals surface area contributed by atoms with Crippen molar-refractivity contribution in [3.63, 3.8) is 0 Å². The molecule has 2 unspecified atom stereocenters. The summed E-state index contributed by atoms with van der Waals surface area (Å²) < 4.78 is 5.28. The fourth-order valence-corrected chi connectivity index (χ4v) is 3.54. The average molecular weight is 390 g/mol. The molecule has 2 atom stereocenters. The number of carboxylic acid groups (broad SMARTS) is 1. The van der Waals surface area contributed by atoms with Crippen molar-refractivity contribution in [3.05, 3.63) is 29.8 Å². The number of benzene rings is 1. The number of amides is 2. The lowest BCUT2D eigenvalue weighted by molar-refractivity contribution is -0.141. The molecule has 1 aromatic carbocycles. The van der Waals surface area contributed by atoms with E-state index in [-0.39, 0.29) is 30.7 Å². The topological polar surface area (TPSA) is 95.9 Å². The van der Waals surface area contributed by atoms with Crippen LogP contribution in [0.5, 0.6) is 5.75 Å². The van der Waals surface area contributed by atoms with Crippen LogP contribution >= 0.6 is 0 Å². The van der Waals surface area contributed by atoms with Gasteiger partial charge in [-0.05, 0) is 37.3 Å². The molecule has 1 aliphatic heterocycles. The molecule has 0 aromatic heterocycles. The van der Waals surface area contributed by atoms with Gasteiger partial charge in [0.2, 0.25) is 11.8 Å². The van der Waals surface area contributed by atoms with Crippen LogP contribution in [-0.4, -0.2) is 54.5 Å². The van der Waals surface area contributed by atoms with Crippen LogP contribution in [0.4, 0.5) is 0 Å². The quantitative estimate of drug-likeness (QED) is 0.673. The summed E-state index contributed by atoms with van der Waals surface area (Å²) in [5.74, 6) is -1.45. The number of nitrogens with one attached hydrogen (secondary N) is 1. The molecular formula is C21H30N2O5. The Morgan fingerprint density at radius 3 is 2.75 bits per heavy atom. The molecule has 1 fully saturated rings. The van der Waals surface area contributed by atoms with E-state index < -0.39 is 11.9 Å². The summed E-state index contributed by atoms with van der Waals surface area (Å²) in [4.78, 5) is 38.1. The largest absolute Gasteiger partial charge is 0.496 e. The van der Waals surface area contributed by atoms with Gasteiger partial charge in [0.25, 0.3) is 0 Å². The van der Waals surface area contributed by atoms with Gasteiger partial charge in [-0.3, -0.25) is 14.4 Å². The smallest absolute Gasteiger partial charge is 0.308 e. The first kappa shape index (κ1) is 21.7. The molecule has 2 rings (SSSR count). The van der Waals surface area contributed by atoms with Crippen molar-refractivity contribution in [3.8, 4) is 5.75 Å². The van der Waals surface area contributed by atoms with Gasteiger partial charge in [-0.15, -0.1) is 0 Å². The number of carboxylic acids is 1. The van der Waals surface area contributed by atoms with E-state index in [0.717, 1.165) is 18.4 Å². The first-order valence-corrected chi connectivity index (χ1v) is 9.86. The highest BCUT2D eigenvalue weighted by molar-refractivity contribution is 5.82. The van der Waals surface area contributed by atoms with E-state index in [4.69, 9.17) is 4.74 Å². The lowest BCUT2D eigenvalue weighted by Gasteiger charge is -2.32. The lowest BCUT2D eigenvalue weighted by Crippen LogP contribution is -2.46. The van der Waals surface area contributed by atoms with Crippen LogP contribution < -0.4 is 10.1 Å². The summed E-state index contributed by atoms with van der Waals surface area (Å²) in [6.45, 7) is 3.11. The number of hydrogen-bond acceptors (Lipinski definition) is 4. The third kappa shape index (κ3) is 5.97. The van der Waals surface area contributed by atoms with Gasteiger partial charge in [0.05, 0.1) is 18.9 Å². The second-order valence-electron chi connectivity index (χ2n) is 7.23. The van der Waals surface area contributed by atoms with Crippen LogP contribution in [0.15, 0.2) is 24.3 Å². The van der Waals surface area contributed by atoms with Gasteiger partial charge in [0, 0.05) is 26.1 Å². The fourth-order valence-electron chi connectivity index (χ4n) is 3.54. The molecule has 0 spiro atoms. The molecule has 1 saturated heterocycles. The monoisotopic (exact) mass is 390 g/mol. The molecule has 0 aliphatic carbocycles. The molecule has 2 amide bonds. The number of methoxy groups -OCH3 is 1. The fraction of sp³-hybridized carbons (Fsp3) is 0.571. The summed E-state index contributed by atoms with van der Waals surface area (Å²) in [6, 6.07) is 7.28. The van der Waals surface area contributed by atoms with Crippen molar-refractivity contribution < 1.29 is 24.2 Å². The first-order chi connectivity index (χ1) is 13.5. The molecule has 7 nitrogen and oxygen atoms in total. The zero-order chi connectivity index (χ0) is 20.5. The highest BCUT2D eigenvalue weighted by Gasteiger charge is 2.29. The van der Waals surface area contributed by atoms with E-state index in [0.29, 0.717) is 31.7 Å². The van der Waals surface area contributed by atoms with Crippen LogP contribution in [0.2, 0.25) is 0 Å². The Bertz CT molecular complexity index is 691. The molecule has 0 saturated carbocycles. The number of carbonyl (C=O) groups excluding carboxylic acids is 2. The maximum Gasteiger partial charge on any atom is 0.308 e. The average Bonchev–Trinajstić information content (AvgIpc) is 2.71. The number of piperidine rings is 1. The van der Waals surface area contributed by atoms with E-state index in [2.05, 4.69) is 5.32 Å². The summed E-state index contributed by atoms with van der Waals surface area (Å²) in [7, 11) is 1.55. The molecule has 0 bridgehead atoms. The molecule has 7 heteroatoms. The van der Waals surface area contributed by atoms with Crippen molar-refractivity contribution in [2.24, 2.45) is 11.8 Å². The third-order valence-electron chi connectivity index (χ3n) is 5.14. The molecule has 1 aliphatic rings. The SMILES string of the molecule is CCCC(=O)N1CCCC(C(=O)NCC(Cc2ccccc2OC)C(=O)O)C1. The van der Waals surface area contributed by atoms with Gasteiger partial charge in [-0.2, -0.15) is 0 Å². The predicted octanol–water partition coefficient (Wildman–Crippen LogP) is 2.09. The van der Waals surface area contributed by atoms with Crippen molar-refractivity contribution >= 4 is 17.8 Å². The van der Waals surface area contributed by atoms with Crippen LogP contribution in [0.25, 0.3) is 0 Å². The van der Waals surface area contributed by atoms with Crippen molar-refractivity contribution in [2.45, 2.75) is 39.0 Å². The van der Waals surface area contributed by atoms with Crippen LogP contribution in [0, 0.1) is 11.8 Å². The highest BCUT2D eigenvalue weighted by Crippen LogP contribution is 2.22. The number of nitrogens with zero attached hydrogens (tertiary/aromatic N) is 1. The van der Waals surface area contributed by atoms with Gasteiger partial charge >= 0.3 is 5.97 Å². The Labute approximate surface area is 166 Å². The molecular weight excluding hydrogens is 360 g/mol. The number of para-hydroxylation sites is 1. The van der Waals surface area contributed by atoms with Gasteiger partial charge in [-0.1, -0.05) is 25.1 Å². The normalized spacial score (nSPS) is 17.6. The minimum atomic E-state index is -0.963. The van der Waals surface area contributed by atoms with Crippen LogP contribution in [0.3, 0.4) is 0 Å². The maximum absolute atomic E-state index is 12.6. The number of carbonyl (C=O) groups is 3. The zero-order valence-corrected chi connectivity index (χ0v) is 16.6. The maximum atomic E-state index is 12.6. The summed E-state index contributed by atoms with van der Waals surface area (Å²) in [5.41, 5.74) is 0.792. The Kier molecular flexibility index (Phi) is 8.29. The molecule has 154 valence electrons. The number of rotatable bonds is 9. The van der Waals surface area contributed by atoms with E-state index in [1.165, 1.54) is 0 Å². The molecule has 1 heterocycles. The van der Waals surface area contributed by atoms with Gasteiger partial charge < -0.3 is 20.1 Å².